The summed E-state index contributed by atoms with van der Waals surface area (Å²) in [6, 6.07) is 5.60. The topological polar surface area (TPSA) is 52.6 Å². The first-order chi connectivity index (χ1) is 15.6. The molecule has 1 rings (SSSR count). The molecule has 0 unspecified atom stereocenters. The number of carbonyl (C=O) groups is 2. The van der Waals surface area contributed by atoms with Gasteiger partial charge in [0.25, 0.3) is 0 Å². The molecule has 0 aliphatic rings. The van der Waals surface area contributed by atoms with Crippen molar-refractivity contribution in [1.82, 2.24) is 0 Å². The molecule has 0 amide bonds. The highest BCUT2D eigenvalue weighted by atomic mass is 16.6. The van der Waals surface area contributed by atoms with Crippen molar-refractivity contribution < 1.29 is 19.1 Å². The second kappa shape index (κ2) is 18.7. The van der Waals surface area contributed by atoms with Crippen LogP contribution in [0.15, 0.2) is 18.2 Å². The number of ether oxygens (including phenoxy) is 2. The van der Waals surface area contributed by atoms with Crippen LogP contribution in [0.4, 0.5) is 0 Å². The predicted molar refractivity (Wildman–Crippen MR) is 132 cm³/mol. The molecule has 0 bridgehead atoms. The molecule has 0 aromatic heterocycles. The predicted octanol–water partition coefficient (Wildman–Crippen LogP) is 8.34. The van der Waals surface area contributed by atoms with Gasteiger partial charge < -0.3 is 9.47 Å². The van der Waals surface area contributed by atoms with Gasteiger partial charge in [0.2, 0.25) is 0 Å². The van der Waals surface area contributed by atoms with Crippen LogP contribution in [0.5, 0.6) is 11.5 Å². The number of hydrogen-bond donors (Lipinski definition) is 0. The molecule has 4 heteroatoms. The van der Waals surface area contributed by atoms with Crippen molar-refractivity contribution in [2.24, 2.45) is 0 Å². The van der Waals surface area contributed by atoms with E-state index in [-0.39, 0.29) is 11.9 Å². The smallest absolute Gasteiger partial charge is 0.311 e. The summed E-state index contributed by atoms with van der Waals surface area (Å²) < 4.78 is 11.2. The second-order valence-corrected chi connectivity index (χ2v) is 8.87. The zero-order chi connectivity index (χ0) is 23.4. The molecule has 0 N–H and O–H groups in total. The lowest BCUT2D eigenvalue weighted by Crippen LogP contribution is -2.12. The molecule has 182 valence electrons. The average Bonchev–Trinajstić information content (AvgIpc) is 2.78. The van der Waals surface area contributed by atoms with E-state index in [1.165, 1.54) is 38.5 Å². The number of rotatable bonds is 19. The van der Waals surface area contributed by atoms with Crippen LogP contribution in [0.1, 0.15) is 129 Å². The molecular formula is C28H46O4. The van der Waals surface area contributed by atoms with Crippen molar-refractivity contribution in [3.8, 4) is 11.5 Å². The fraction of sp³-hybridized carbons (Fsp3) is 0.714. The Morgan fingerprint density at radius 3 is 1.59 bits per heavy atom. The monoisotopic (exact) mass is 446 g/mol. The van der Waals surface area contributed by atoms with Gasteiger partial charge in [-0.05, 0) is 43.4 Å². The molecule has 0 spiro atoms. The standard InChI is InChI=1S/C28H46O4/c1-4-7-10-12-14-16-19-27(29)31-25-22-21-24(18-9-6-3)23-26(25)32-28(30)20-17-15-13-11-8-5-2/h21-23H,4-20H2,1-3H3. The Morgan fingerprint density at radius 1 is 0.594 bits per heavy atom. The zero-order valence-corrected chi connectivity index (χ0v) is 20.9. The fourth-order valence-electron chi connectivity index (χ4n) is 3.70. The zero-order valence-electron chi connectivity index (χ0n) is 20.9. The van der Waals surface area contributed by atoms with Gasteiger partial charge in [0.05, 0.1) is 0 Å². The van der Waals surface area contributed by atoms with Gasteiger partial charge in [-0.1, -0.05) is 97.5 Å². The van der Waals surface area contributed by atoms with Crippen LogP contribution < -0.4 is 9.47 Å². The summed E-state index contributed by atoms with van der Waals surface area (Å²) in [5.41, 5.74) is 1.10. The number of esters is 2. The van der Waals surface area contributed by atoms with Crippen LogP contribution in [0.2, 0.25) is 0 Å². The molecule has 1 aromatic rings. The van der Waals surface area contributed by atoms with Crippen LogP contribution in [0.25, 0.3) is 0 Å². The van der Waals surface area contributed by atoms with Crippen LogP contribution >= 0.6 is 0 Å². The highest BCUT2D eigenvalue weighted by molar-refractivity contribution is 5.76. The SMILES string of the molecule is CCCCCCCCC(=O)Oc1ccc(CCCC)cc1OC(=O)CCCCCCCC. The average molecular weight is 447 g/mol. The van der Waals surface area contributed by atoms with Gasteiger partial charge in [-0.3, -0.25) is 9.59 Å². The largest absolute Gasteiger partial charge is 0.423 e. The van der Waals surface area contributed by atoms with E-state index in [1.807, 2.05) is 12.1 Å². The Bertz CT molecular complexity index is 638. The van der Waals surface area contributed by atoms with Crippen LogP contribution in [0.3, 0.4) is 0 Å². The Hall–Kier alpha value is -1.84. The third-order valence-corrected chi connectivity index (χ3v) is 5.74. The molecular weight excluding hydrogens is 400 g/mol. The minimum atomic E-state index is -0.255. The van der Waals surface area contributed by atoms with Crippen molar-refractivity contribution in [2.45, 2.75) is 130 Å². The molecule has 0 heterocycles. The summed E-state index contributed by atoms with van der Waals surface area (Å²) in [5.74, 6) is 0.236. The Balaban J connectivity index is 2.59. The van der Waals surface area contributed by atoms with Crippen molar-refractivity contribution >= 4 is 11.9 Å². The van der Waals surface area contributed by atoms with Gasteiger partial charge in [-0.2, -0.15) is 0 Å². The summed E-state index contributed by atoms with van der Waals surface area (Å²) in [7, 11) is 0. The summed E-state index contributed by atoms with van der Waals surface area (Å²) in [6.07, 6.45) is 17.4. The molecule has 0 fully saturated rings. The molecule has 1 aromatic carbocycles. The van der Waals surface area contributed by atoms with E-state index in [4.69, 9.17) is 9.47 Å². The number of aryl methyl sites for hydroxylation is 1. The fourth-order valence-corrected chi connectivity index (χ4v) is 3.70. The summed E-state index contributed by atoms with van der Waals surface area (Å²) in [6.45, 7) is 6.55. The van der Waals surface area contributed by atoms with Crippen LogP contribution in [-0.2, 0) is 16.0 Å². The molecule has 0 saturated carbocycles. The third-order valence-electron chi connectivity index (χ3n) is 5.74. The van der Waals surface area contributed by atoms with Gasteiger partial charge in [0.1, 0.15) is 0 Å². The van der Waals surface area contributed by atoms with Gasteiger partial charge in [-0.15, -0.1) is 0 Å². The molecule has 0 saturated heterocycles. The first kappa shape index (κ1) is 28.2. The third kappa shape index (κ3) is 13.5. The van der Waals surface area contributed by atoms with Crippen LogP contribution in [0, 0.1) is 0 Å². The summed E-state index contributed by atoms with van der Waals surface area (Å²) in [5, 5.41) is 0. The lowest BCUT2D eigenvalue weighted by atomic mass is 10.1. The summed E-state index contributed by atoms with van der Waals surface area (Å²) in [4.78, 5) is 24.7. The Kier molecular flexibility index (Phi) is 16.5. The van der Waals surface area contributed by atoms with Gasteiger partial charge in [-0.25, -0.2) is 0 Å². The minimum absolute atomic E-state index is 0.249. The second-order valence-electron chi connectivity index (χ2n) is 8.87. The highest BCUT2D eigenvalue weighted by Gasteiger charge is 2.15. The molecule has 0 atom stereocenters. The first-order valence-corrected chi connectivity index (χ1v) is 13.1. The van der Waals surface area contributed by atoms with Gasteiger partial charge >= 0.3 is 11.9 Å². The maximum Gasteiger partial charge on any atom is 0.311 e. The van der Waals surface area contributed by atoms with E-state index in [2.05, 4.69) is 20.8 Å². The molecule has 0 aliphatic carbocycles. The molecule has 0 aliphatic heterocycles. The lowest BCUT2D eigenvalue weighted by Gasteiger charge is -2.12. The Labute approximate surface area is 196 Å². The van der Waals surface area contributed by atoms with Crippen molar-refractivity contribution in [3.05, 3.63) is 23.8 Å². The quantitative estimate of drug-likeness (QED) is 0.122. The molecule has 4 nitrogen and oxygen atoms in total. The lowest BCUT2D eigenvalue weighted by molar-refractivity contribution is -0.137. The summed E-state index contributed by atoms with van der Waals surface area (Å²) >= 11 is 0. The van der Waals surface area contributed by atoms with E-state index >= 15 is 0 Å². The van der Waals surface area contributed by atoms with E-state index in [9.17, 15) is 9.59 Å². The number of unbranched alkanes of at least 4 members (excludes halogenated alkanes) is 11. The normalized spacial score (nSPS) is 10.8. The van der Waals surface area contributed by atoms with E-state index in [0.717, 1.165) is 63.4 Å². The Morgan fingerprint density at radius 2 is 1.06 bits per heavy atom. The van der Waals surface area contributed by atoms with Gasteiger partial charge in [0.15, 0.2) is 11.5 Å². The maximum atomic E-state index is 12.4. The number of benzene rings is 1. The molecule has 0 radical (unpaired) electrons. The first-order valence-electron chi connectivity index (χ1n) is 13.1. The highest BCUT2D eigenvalue weighted by Crippen LogP contribution is 2.30. The van der Waals surface area contributed by atoms with Crippen molar-refractivity contribution in [2.75, 3.05) is 0 Å². The number of carbonyl (C=O) groups excluding carboxylic acids is 2. The van der Waals surface area contributed by atoms with E-state index in [0.29, 0.717) is 24.3 Å². The maximum absolute atomic E-state index is 12.4. The van der Waals surface area contributed by atoms with E-state index < -0.39 is 0 Å². The minimum Gasteiger partial charge on any atom is -0.423 e. The van der Waals surface area contributed by atoms with E-state index in [1.54, 1.807) is 6.07 Å². The van der Waals surface area contributed by atoms with Gasteiger partial charge in [0, 0.05) is 12.8 Å². The van der Waals surface area contributed by atoms with Crippen molar-refractivity contribution in [3.63, 3.8) is 0 Å². The molecule has 32 heavy (non-hydrogen) atoms. The number of hydrogen-bond acceptors (Lipinski definition) is 4. The van der Waals surface area contributed by atoms with Crippen LogP contribution in [-0.4, -0.2) is 11.9 Å². The van der Waals surface area contributed by atoms with Crippen molar-refractivity contribution in [1.29, 1.82) is 0 Å².